The minimum Gasteiger partial charge on any atom is -0.507 e. The smallest absolute Gasteiger partial charge is 0.146 e. The molecule has 4 N–H and O–H groups in total. The number of aromatic nitrogens is 3. The zero-order chi connectivity index (χ0) is 62.3. The van der Waals surface area contributed by atoms with Crippen LogP contribution in [-0.4, -0.2) is 35.4 Å². The van der Waals surface area contributed by atoms with Crippen LogP contribution in [-0.2, 0) is 62.6 Å². The summed E-state index contributed by atoms with van der Waals surface area (Å²) in [6.07, 6.45) is 2.24. The maximum Gasteiger partial charge on any atom is 0.146 e. The number of hydrogen-bond acceptors (Lipinski definition) is 6. The number of halogens is 1. The molecule has 7 aromatic rings. The van der Waals surface area contributed by atoms with Crippen LogP contribution in [0.5, 0.6) is 23.0 Å². The van der Waals surface area contributed by atoms with E-state index in [1.807, 2.05) is 12.1 Å². The van der Waals surface area contributed by atoms with Gasteiger partial charge in [-0.3, -0.25) is 0 Å². The predicted molar refractivity (Wildman–Crippen MR) is 349 cm³/mol. The third kappa shape index (κ3) is 14.2. The van der Waals surface area contributed by atoms with Gasteiger partial charge in [0.2, 0.25) is 0 Å². The van der Waals surface area contributed by atoms with Crippen LogP contribution < -0.4 is 0 Å². The molecule has 0 spiro atoms. The molecule has 0 aliphatic heterocycles. The third-order valence-electron chi connectivity index (χ3n) is 16.5. The highest BCUT2D eigenvalue weighted by Crippen LogP contribution is 2.46. The molecule has 0 amide bonds. The monoisotopic (exact) mass is 1130 g/mol. The molecule has 0 aliphatic rings. The fraction of sp³-hybridized carbons (Fsp3) is 0.514. The second kappa shape index (κ2) is 22.3. The molecular formula is C74H102ClN3O4. The Bertz CT molecular complexity index is 3160. The van der Waals surface area contributed by atoms with Gasteiger partial charge >= 0.3 is 0 Å². The van der Waals surface area contributed by atoms with E-state index in [-0.39, 0.29) is 49.1 Å². The van der Waals surface area contributed by atoms with Crippen LogP contribution in [0.3, 0.4) is 0 Å². The summed E-state index contributed by atoms with van der Waals surface area (Å²) in [4.78, 5) is 1.50. The van der Waals surface area contributed by atoms with E-state index < -0.39 is 0 Å². The molecule has 0 saturated heterocycles. The van der Waals surface area contributed by atoms with Gasteiger partial charge in [0.05, 0.1) is 0 Å². The lowest BCUT2D eigenvalue weighted by Crippen LogP contribution is -2.19. The molecule has 7 rings (SSSR count). The van der Waals surface area contributed by atoms with Crippen molar-refractivity contribution in [3.8, 4) is 28.7 Å². The summed E-state index contributed by atoms with van der Waals surface area (Å²) >= 11 is 6.05. The van der Waals surface area contributed by atoms with Crippen molar-refractivity contribution in [3.63, 3.8) is 0 Å². The van der Waals surface area contributed by atoms with E-state index in [2.05, 4.69) is 240 Å². The zero-order valence-corrected chi connectivity index (χ0v) is 56.2. The van der Waals surface area contributed by atoms with Gasteiger partial charge in [-0.2, -0.15) is 0 Å². The van der Waals surface area contributed by atoms with Crippen molar-refractivity contribution in [2.24, 2.45) is 0 Å². The third-order valence-corrected chi connectivity index (χ3v) is 16.8. The summed E-state index contributed by atoms with van der Waals surface area (Å²) in [6, 6.07) is 22.8. The lowest BCUT2D eigenvalue weighted by atomic mass is 9.75. The first kappa shape index (κ1) is 65.4. The van der Waals surface area contributed by atoms with Crippen LogP contribution in [0, 0.1) is 20.8 Å². The Morgan fingerprint density at radius 3 is 0.878 bits per heavy atom. The van der Waals surface area contributed by atoms with Crippen LogP contribution in [0.1, 0.15) is 261 Å². The van der Waals surface area contributed by atoms with Crippen LogP contribution in [0.15, 0.2) is 66.7 Å². The van der Waals surface area contributed by atoms with Crippen molar-refractivity contribution in [1.29, 1.82) is 0 Å². The van der Waals surface area contributed by atoms with Crippen molar-refractivity contribution < 1.29 is 20.4 Å². The highest BCUT2D eigenvalue weighted by molar-refractivity contribution is 6.31. The standard InChI is InChI=1S/C54H78O3.C20H24ClN3O/c1-31-37(22-34-25-40(49(4,5)6)46(55)41(26-34)50(7,8)9)32(2)39(24-36-29-44(53(16,17)18)48(57)45(30-36)54(19,20)21)33(3)38(31)23-35-27-42(51(10,11)12)47(56)43(28-35)52(13,14)15;1-19(2,3)12-9-14(20(4,5)6)18(25)17(10-12)24-22-15-8-7-13(21)11-16(15)23-24/h25-30,55-57H,22-24H2,1-21H3;7-11,25H,1-6H3. The van der Waals surface area contributed by atoms with Gasteiger partial charge in [-0.1, -0.05) is 220 Å². The largest absolute Gasteiger partial charge is 0.507 e. The van der Waals surface area contributed by atoms with E-state index in [0.717, 1.165) is 69.3 Å². The Labute approximate surface area is 500 Å². The lowest BCUT2D eigenvalue weighted by Gasteiger charge is -2.30. The SMILES string of the molecule is CC(C)(C)c1cc(-n2nc3ccc(Cl)cc3n2)c(O)c(C(C)(C)C)c1.Cc1c(Cc2cc(C(C)(C)C)c(O)c(C(C)(C)C)c2)c(C)c(Cc2cc(C(C)(C)C)c(O)c(C(C)(C)C)c2)c(C)c1Cc1cc(C(C)(C)C)c(O)c(C(C)(C)C)c1. The van der Waals surface area contributed by atoms with Crippen molar-refractivity contribution >= 4 is 22.6 Å². The van der Waals surface area contributed by atoms with E-state index in [9.17, 15) is 20.4 Å². The number of phenols is 4. The number of rotatable bonds is 7. The van der Waals surface area contributed by atoms with Gasteiger partial charge in [0.1, 0.15) is 39.7 Å². The summed E-state index contributed by atoms with van der Waals surface area (Å²) < 4.78 is 0. The number of benzene rings is 6. The number of hydrogen-bond donors (Lipinski definition) is 4. The molecule has 0 saturated carbocycles. The van der Waals surface area contributed by atoms with E-state index in [4.69, 9.17) is 11.6 Å². The number of phenolic OH excluding ortho intramolecular Hbond substituents is 4. The molecule has 0 fully saturated rings. The molecule has 0 unspecified atom stereocenters. The van der Waals surface area contributed by atoms with E-state index in [1.165, 1.54) is 54.9 Å². The number of aromatic hydroxyl groups is 4. The van der Waals surface area contributed by atoms with E-state index in [1.54, 1.807) is 12.1 Å². The average Bonchev–Trinajstić information content (AvgIpc) is 3.58. The van der Waals surface area contributed by atoms with Crippen LogP contribution in [0.4, 0.5) is 0 Å². The Balaban J connectivity index is 0.000000357. The quantitative estimate of drug-likeness (QED) is 0.127. The van der Waals surface area contributed by atoms with Gasteiger partial charge < -0.3 is 20.4 Å². The number of nitrogens with zero attached hydrogens (tertiary/aromatic N) is 3. The molecule has 0 radical (unpaired) electrons. The van der Waals surface area contributed by atoms with Crippen molar-refractivity contribution in [2.45, 2.75) is 250 Å². The van der Waals surface area contributed by atoms with Gasteiger partial charge in [-0.25, -0.2) is 0 Å². The molecule has 8 heteroatoms. The van der Waals surface area contributed by atoms with Crippen LogP contribution >= 0.6 is 11.6 Å². The Hall–Kier alpha value is -5.79. The van der Waals surface area contributed by atoms with Crippen molar-refractivity contribution in [2.75, 3.05) is 0 Å². The van der Waals surface area contributed by atoms with Crippen molar-refractivity contribution in [1.82, 2.24) is 15.0 Å². The fourth-order valence-corrected chi connectivity index (χ4v) is 11.6. The van der Waals surface area contributed by atoms with Gasteiger partial charge in [-0.05, 0) is 197 Å². The minimum atomic E-state index is -0.226. The van der Waals surface area contributed by atoms with E-state index in [0.29, 0.717) is 33.5 Å². The second-order valence-corrected chi connectivity index (χ2v) is 32.4. The normalized spacial score (nSPS) is 13.2. The Kier molecular flexibility index (Phi) is 17.8. The fourth-order valence-electron chi connectivity index (χ4n) is 11.4. The lowest BCUT2D eigenvalue weighted by molar-refractivity contribution is 0.422. The molecule has 1 aromatic heterocycles. The van der Waals surface area contributed by atoms with E-state index >= 15 is 0 Å². The van der Waals surface area contributed by atoms with Gasteiger partial charge in [0, 0.05) is 10.6 Å². The highest BCUT2D eigenvalue weighted by Gasteiger charge is 2.32. The summed E-state index contributed by atoms with van der Waals surface area (Å²) in [5, 5.41) is 55.5. The summed E-state index contributed by atoms with van der Waals surface area (Å²) in [5.41, 5.74) is 19.8. The summed E-state index contributed by atoms with van der Waals surface area (Å²) in [6.45, 7) is 58.9. The molecule has 0 atom stereocenters. The highest BCUT2D eigenvalue weighted by atomic mass is 35.5. The zero-order valence-electron chi connectivity index (χ0n) is 55.5. The predicted octanol–water partition coefficient (Wildman–Crippen LogP) is 19.7. The molecule has 0 bridgehead atoms. The first-order valence-corrected chi connectivity index (χ1v) is 30.0. The minimum absolute atomic E-state index is 0.0572. The summed E-state index contributed by atoms with van der Waals surface area (Å²) in [5.74, 6) is 1.44. The topological polar surface area (TPSA) is 112 Å². The molecular weight excluding hydrogens is 1030 g/mol. The van der Waals surface area contributed by atoms with Crippen LogP contribution in [0.2, 0.25) is 5.02 Å². The molecule has 82 heavy (non-hydrogen) atoms. The molecule has 6 aromatic carbocycles. The Morgan fingerprint density at radius 1 is 0.341 bits per heavy atom. The maximum absolute atomic E-state index is 11.6. The van der Waals surface area contributed by atoms with Gasteiger partial charge in [-0.15, -0.1) is 15.0 Å². The van der Waals surface area contributed by atoms with Crippen molar-refractivity contribution in [3.05, 3.63) is 166 Å². The van der Waals surface area contributed by atoms with Gasteiger partial charge in [0.25, 0.3) is 0 Å². The van der Waals surface area contributed by atoms with Gasteiger partial charge in [0.15, 0.2) is 0 Å². The first-order valence-electron chi connectivity index (χ1n) is 29.6. The average molecular weight is 1130 g/mol. The second-order valence-electron chi connectivity index (χ2n) is 32.0. The molecule has 1 heterocycles. The maximum atomic E-state index is 11.6. The summed E-state index contributed by atoms with van der Waals surface area (Å²) in [7, 11) is 0. The first-order chi connectivity index (χ1) is 37.0. The van der Waals surface area contributed by atoms with Crippen LogP contribution in [0.25, 0.3) is 16.7 Å². The molecule has 0 aliphatic carbocycles. The molecule has 7 nitrogen and oxygen atoms in total. The number of fused-ring (bicyclic) bond motifs is 1. The Morgan fingerprint density at radius 2 is 0.610 bits per heavy atom. The molecule has 444 valence electrons.